The van der Waals surface area contributed by atoms with E-state index >= 15 is 0 Å². The summed E-state index contributed by atoms with van der Waals surface area (Å²) in [7, 11) is 0. The van der Waals surface area contributed by atoms with Crippen LogP contribution >= 0.6 is 35.4 Å². The molecule has 29 heavy (non-hydrogen) atoms. The van der Waals surface area contributed by atoms with Crippen LogP contribution in [0.2, 0.25) is 10.0 Å². The summed E-state index contributed by atoms with van der Waals surface area (Å²) in [5.41, 5.74) is 1.32. The van der Waals surface area contributed by atoms with E-state index in [0.717, 1.165) is 5.56 Å². The summed E-state index contributed by atoms with van der Waals surface area (Å²) in [6, 6.07) is 10.5. The summed E-state index contributed by atoms with van der Waals surface area (Å²) in [5.74, 6) is -0.413. The van der Waals surface area contributed by atoms with Crippen molar-refractivity contribution in [3.05, 3.63) is 63.1 Å². The number of hydrogen-bond donors (Lipinski definition) is 2. The normalized spacial score (nSPS) is 13.6. The number of hydrogen-bond acceptors (Lipinski definition) is 5. The average molecular weight is 451 g/mol. The number of carbonyl (C=O) groups is 2. The van der Waals surface area contributed by atoms with Crippen molar-refractivity contribution in [1.82, 2.24) is 10.6 Å². The molecular weight excluding hydrogens is 435 g/mol. The molecule has 9 heteroatoms. The van der Waals surface area contributed by atoms with Crippen molar-refractivity contribution in [2.45, 2.75) is 13.5 Å². The Morgan fingerprint density at radius 2 is 1.69 bits per heavy atom. The molecule has 2 amide bonds. The fourth-order valence-corrected chi connectivity index (χ4v) is 3.17. The Bertz CT molecular complexity index is 984. The van der Waals surface area contributed by atoms with E-state index in [4.69, 9.17) is 44.9 Å². The summed E-state index contributed by atoms with van der Waals surface area (Å²) < 4.78 is 11.5. The topological polar surface area (TPSA) is 76.7 Å². The van der Waals surface area contributed by atoms with Crippen molar-refractivity contribution in [3.8, 4) is 11.5 Å². The Hall–Kier alpha value is -2.61. The van der Waals surface area contributed by atoms with Gasteiger partial charge in [0.05, 0.1) is 11.6 Å². The highest BCUT2D eigenvalue weighted by atomic mass is 35.5. The lowest BCUT2D eigenvalue weighted by atomic mass is 10.1. The van der Waals surface area contributed by atoms with Gasteiger partial charge >= 0.3 is 0 Å². The van der Waals surface area contributed by atoms with Crippen LogP contribution in [0.4, 0.5) is 0 Å². The molecule has 1 aliphatic heterocycles. The quantitative estimate of drug-likeness (QED) is 0.396. The van der Waals surface area contributed by atoms with Crippen LogP contribution in [-0.4, -0.2) is 23.5 Å². The monoisotopic (exact) mass is 450 g/mol. The van der Waals surface area contributed by atoms with Crippen molar-refractivity contribution in [1.29, 1.82) is 0 Å². The first-order valence-electron chi connectivity index (χ1n) is 8.59. The van der Waals surface area contributed by atoms with E-state index in [0.29, 0.717) is 28.7 Å². The van der Waals surface area contributed by atoms with Gasteiger partial charge in [0.15, 0.2) is 16.6 Å². The van der Waals surface area contributed by atoms with Crippen LogP contribution in [-0.2, 0) is 16.2 Å². The molecule has 2 N–H and O–H groups in total. The number of amides is 2. The maximum atomic E-state index is 12.0. The van der Waals surface area contributed by atoms with Crippen molar-refractivity contribution in [3.63, 3.8) is 0 Å². The molecule has 0 saturated carbocycles. The van der Waals surface area contributed by atoms with Crippen LogP contribution in [0.5, 0.6) is 11.5 Å². The molecule has 2 aromatic rings. The SMILES string of the molecule is CCOc1cc(C=C2C(=O)NC(=S)NC2=O)cc(Cl)c1OCc1ccc(Cl)cc1. The predicted molar refractivity (Wildman–Crippen MR) is 115 cm³/mol. The Balaban J connectivity index is 1.88. The van der Waals surface area contributed by atoms with Crippen molar-refractivity contribution < 1.29 is 19.1 Å². The number of thiocarbonyl (C=S) groups is 1. The number of carbonyl (C=O) groups excluding carboxylic acids is 2. The molecule has 2 aromatic carbocycles. The zero-order chi connectivity index (χ0) is 21.0. The lowest BCUT2D eigenvalue weighted by Crippen LogP contribution is -2.51. The van der Waals surface area contributed by atoms with E-state index in [9.17, 15) is 9.59 Å². The van der Waals surface area contributed by atoms with Gasteiger partial charge in [0.1, 0.15) is 12.2 Å². The van der Waals surface area contributed by atoms with Gasteiger partial charge in [0.25, 0.3) is 11.8 Å². The summed E-state index contributed by atoms with van der Waals surface area (Å²) in [4.78, 5) is 24.1. The third kappa shape index (κ3) is 5.26. The molecule has 1 heterocycles. The molecule has 1 aliphatic rings. The predicted octanol–water partition coefficient (Wildman–Crippen LogP) is 3.89. The maximum absolute atomic E-state index is 12.0. The van der Waals surface area contributed by atoms with Crippen LogP contribution < -0.4 is 20.1 Å². The lowest BCUT2D eigenvalue weighted by Gasteiger charge is -2.17. The van der Waals surface area contributed by atoms with E-state index < -0.39 is 11.8 Å². The molecule has 0 bridgehead atoms. The summed E-state index contributed by atoms with van der Waals surface area (Å²) in [5, 5.41) is 5.65. The molecule has 3 rings (SSSR count). The highest BCUT2D eigenvalue weighted by Gasteiger charge is 2.26. The lowest BCUT2D eigenvalue weighted by molar-refractivity contribution is -0.123. The number of benzene rings is 2. The zero-order valence-electron chi connectivity index (χ0n) is 15.3. The Labute approximate surface area is 182 Å². The van der Waals surface area contributed by atoms with Crippen molar-refractivity contribution in [2.24, 2.45) is 0 Å². The molecule has 1 fully saturated rings. The number of halogens is 2. The Morgan fingerprint density at radius 3 is 2.31 bits per heavy atom. The first-order chi connectivity index (χ1) is 13.9. The standard InChI is InChI=1S/C20H16Cl2N2O4S/c1-2-27-16-9-12(7-14-18(25)23-20(29)24-19(14)26)8-15(22)17(16)28-10-11-3-5-13(21)6-4-11/h3-9H,2,10H2,1H3,(H2,23,24,25,26,29). The van der Waals surface area contributed by atoms with Gasteiger partial charge in [0.2, 0.25) is 0 Å². The minimum Gasteiger partial charge on any atom is -0.490 e. The first-order valence-corrected chi connectivity index (χ1v) is 9.75. The molecule has 0 aromatic heterocycles. The van der Waals surface area contributed by atoms with Crippen LogP contribution in [0, 0.1) is 0 Å². The van der Waals surface area contributed by atoms with Crippen LogP contribution in [0.3, 0.4) is 0 Å². The fourth-order valence-electron chi connectivity index (χ4n) is 2.58. The van der Waals surface area contributed by atoms with Gasteiger partial charge in [-0.2, -0.15) is 0 Å². The maximum Gasteiger partial charge on any atom is 0.263 e. The van der Waals surface area contributed by atoms with Crippen molar-refractivity contribution in [2.75, 3.05) is 6.61 Å². The van der Waals surface area contributed by atoms with E-state index in [1.165, 1.54) is 6.08 Å². The van der Waals surface area contributed by atoms with Gasteiger partial charge in [-0.3, -0.25) is 20.2 Å². The zero-order valence-corrected chi connectivity index (χ0v) is 17.6. The summed E-state index contributed by atoms with van der Waals surface area (Å²) in [6.45, 7) is 2.47. The van der Waals surface area contributed by atoms with Gasteiger partial charge in [-0.1, -0.05) is 35.3 Å². The summed E-state index contributed by atoms with van der Waals surface area (Å²) in [6.07, 6.45) is 1.41. The molecule has 1 saturated heterocycles. The molecular formula is C20H16Cl2N2O4S. The molecule has 0 atom stereocenters. The number of ether oxygens (including phenoxy) is 2. The van der Waals surface area contributed by atoms with Crippen LogP contribution in [0.15, 0.2) is 42.0 Å². The van der Waals surface area contributed by atoms with Gasteiger partial charge in [-0.05, 0) is 60.6 Å². The second-order valence-electron chi connectivity index (χ2n) is 5.97. The third-order valence-electron chi connectivity index (χ3n) is 3.88. The molecule has 0 aliphatic carbocycles. The second-order valence-corrected chi connectivity index (χ2v) is 7.23. The molecule has 0 unspecified atom stereocenters. The smallest absolute Gasteiger partial charge is 0.263 e. The number of nitrogens with one attached hydrogen (secondary N) is 2. The molecule has 6 nitrogen and oxygen atoms in total. The fraction of sp³-hybridized carbons (Fsp3) is 0.150. The highest BCUT2D eigenvalue weighted by molar-refractivity contribution is 7.80. The highest BCUT2D eigenvalue weighted by Crippen LogP contribution is 2.38. The summed E-state index contributed by atoms with van der Waals surface area (Å²) >= 11 is 17.1. The first kappa shape index (κ1) is 21.1. The van der Waals surface area contributed by atoms with Gasteiger partial charge in [-0.15, -0.1) is 0 Å². The minimum absolute atomic E-state index is 0.0314. The second kappa shape index (κ2) is 9.26. The van der Waals surface area contributed by atoms with Gasteiger partial charge < -0.3 is 9.47 Å². The van der Waals surface area contributed by atoms with Crippen LogP contribution in [0.1, 0.15) is 18.1 Å². The van der Waals surface area contributed by atoms with E-state index in [1.54, 1.807) is 24.3 Å². The average Bonchev–Trinajstić information content (AvgIpc) is 2.65. The van der Waals surface area contributed by atoms with E-state index in [2.05, 4.69) is 10.6 Å². The third-order valence-corrected chi connectivity index (χ3v) is 4.62. The molecule has 150 valence electrons. The molecule has 0 radical (unpaired) electrons. The van der Waals surface area contributed by atoms with E-state index in [1.807, 2.05) is 19.1 Å². The minimum atomic E-state index is -0.587. The Kier molecular flexibility index (Phi) is 6.74. The van der Waals surface area contributed by atoms with Gasteiger partial charge in [-0.25, -0.2) is 0 Å². The van der Waals surface area contributed by atoms with E-state index in [-0.39, 0.29) is 22.3 Å². The van der Waals surface area contributed by atoms with Crippen LogP contribution in [0.25, 0.3) is 6.08 Å². The van der Waals surface area contributed by atoms with Crippen molar-refractivity contribution >= 4 is 58.4 Å². The van der Waals surface area contributed by atoms with Gasteiger partial charge in [0, 0.05) is 5.02 Å². The largest absolute Gasteiger partial charge is 0.490 e. The molecule has 0 spiro atoms. The number of rotatable bonds is 6. The Morgan fingerprint density at radius 1 is 1.03 bits per heavy atom.